The number of carbonyl (C=O) groups is 1. The SMILES string of the molecule is CNC1CCN(C(=O)c2cc(C3CC3)nc3c2c(C)nn3C(C)(C)C)CC1. The molecule has 4 rings (SSSR count). The molecule has 1 saturated heterocycles. The van der Waals surface area contributed by atoms with Crippen LogP contribution in [0.15, 0.2) is 6.07 Å². The lowest BCUT2D eigenvalue weighted by atomic mass is 10.0. The van der Waals surface area contributed by atoms with E-state index >= 15 is 0 Å². The van der Waals surface area contributed by atoms with Crippen LogP contribution in [0.25, 0.3) is 11.0 Å². The quantitative estimate of drug-likeness (QED) is 0.902. The standard InChI is InChI=1S/C21H31N5O/c1-13-18-16(20(27)25-10-8-15(22-5)9-11-25)12-17(14-6-7-14)23-19(18)26(24-13)21(2,3)4/h12,14-15,22H,6-11H2,1-5H3. The molecule has 1 amide bonds. The van der Waals surface area contributed by atoms with Crippen LogP contribution in [0.1, 0.15) is 74.1 Å². The molecule has 0 atom stereocenters. The van der Waals surface area contributed by atoms with Gasteiger partial charge in [0.15, 0.2) is 5.65 Å². The highest BCUT2D eigenvalue weighted by Gasteiger charge is 2.32. The van der Waals surface area contributed by atoms with Gasteiger partial charge in [-0.05, 0) is 66.5 Å². The minimum absolute atomic E-state index is 0.135. The molecule has 2 fully saturated rings. The van der Waals surface area contributed by atoms with Gasteiger partial charge in [-0.1, -0.05) is 0 Å². The Balaban J connectivity index is 1.79. The smallest absolute Gasteiger partial charge is 0.254 e. The Morgan fingerprint density at radius 3 is 2.41 bits per heavy atom. The van der Waals surface area contributed by atoms with Crippen LogP contribution in [-0.4, -0.2) is 51.8 Å². The number of nitrogens with zero attached hydrogens (tertiary/aromatic N) is 4. The summed E-state index contributed by atoms with van der Waals surface area (Å²) < 4.78 is 1.99. The maximum Gasteiger partial charge on any atom is 0.254 e. The van der Waals surface area contributed by atoms with Gasteiger partial charge in [0, 0.05) is 30.7 Å². The van der Waals surface area contributed by atoms with Gasteiger partial charge in [0.05, 0.1) is 22.2 Å². The largest absolute Gasteiger partial charge is 0.339 e. The average Bonchev–Trinajstić information content (AvgIpc) is 3.43. The summed E-state index contributed by atoms with van der Waals surface area (Å²) >= 11 is 0. The molecule has 1 N–H and O–H groups in total. The molecule has 1 aliphatic carbocycles. The predicted octanol–water partition coefficient (Wildman–Crippen LogP) is 3.20. The zero-order valence-corrected chi connectivity index (χ0v) is 17.2. The highest BCUT2D eigenvalue weighted by Crippen LogP contribution is 2.41. The van der Waals surface area contributed by atoms with E-state index in [4.69, 9.17) is 10.1 Å². The second-order valence-corrected chi connectivity index (χ2v) is 9.09. The first kappa shape index (κ1) is 18.4. The number of nitrogens with one attached hydrogen (secondary N) is 1. The monoisotopic (exact) mass is 369 g/mol. The first-order chi connectivity index (χ1) is 12.8. The minimum atomic E-state index is -0.173. The molecule has 0 radical (unpaired) electrons. The van der Waals surface area contributed by atoms with Crippen molar-refractivity contribution in [2.24, 2.45) is 0 Å². The number of pyridine rings is 1. The van der Waals surface area contributed by atoms with Crippen molar-refractivity contribution < 1.29 is 4.79 Å². The van der Waals surface area contributed by atoms with Gasteiger partial charge in [-0.2, -0.15) is 5.10 Å². The third-order valence-electron chi connectivity index (χ3n) is 5.88. The van der Waals surface area contributed by atoms with E-state index < -0.39 is 0 Å². The second-order valence-electron chi connectivity index (χ2n) is 9.09. The van der Waals surface area contributed by atoms with Gasteiger partial charge in [0.25, 0.3) is 5.91 Å². The molecule has 6 nitrogen and oxygen atoms in total. The number of likely N-dealkylation sites (tertiary alicyclic amines) is 1. The summed E-state index contributed by atoms with van der Waals surface area (Å²) in [5, 5.41) is 9.03. The van der Waals surface area contributed by atoms with Gasteiger partial charge < -0.3 is 10.2 Å². The topological polar surface area (TPSA) is 63.1 Å². The van der Waals surface area contributed by atoms with Crippen molar-refractivity contribution in [3.63, 3.8) is 0 Å². The maximum absolute atomic E-state index is 13.5. The van der Waals surface area contributed by atoms with E-state index in [0.717, 1.165) is 53.9 Å². The maximum atomic E-state index is 13.5. The van der Waals surface area contributed by atoms with Gasteiger partial charge in [0.2, 0.25) is 0 Å². The molecule has 0 unspecified atom stereocenters. The van der Waals surface area contributed by atoms with E-state index in [0.29, 0.717) is 12.0 Å². The number of carbonyl (C=O) groups excluding carboxylic acids is 1. The minimum Gasteiger partial charge on any atom is -0.339 e. The summed E-state index contributed by atoms with van der Waals surface area (Å²) in [5.74, 6) is 0.634. The third kappa shape index (κ3) is 3.35. The van der Waals surface area contributed by atoms with Crippen LogP contribution in [0.2, 0.25) is 0 Å². The zero-order chi connectivity index (χ0) is 19.3. The number of amides is 1. The summed E-state index contributed by atoms with van der Waals surface area (Å²) in [6, 6.07) is 2.56. The Kier molecular flexibility index (Phi) is 4.49. The van der Waals surface area contributed by atoms with E-state index in [2.05, 4.69) is 26.1 Å². The van der Waals surface area contributed by atoms with E-state index in [9.17, 15) is 4.79 Å². The van der Waals surface area contributed by atoms with Gasteiger partial charge in [0.1, 0.15) is 0 Å². The van der Waals surface area contributed by atoms with Crippen molar-refractivity contribution in [2.45, 2.75) is 70.9 Å². The molecule has 1 saturated carbocycles. The summed E-state index contributed by atoms with van der Waals surface area (Å²) in [6.45, 7) is 10.0. The third-order valence-corrected chi connectivity index (χ3v) is 5.88. The molecule has 2 aliphatic rings. The first-order valence-corrected chi connectivity index (χ1v) is 10.2. The van der Waals surface area contributed by atoms with E-state index in [1.54, 1.807) is 0 Å². The molecule has 0 bridgehead atoms. The molecule has 3 heterocycles. The van der Waals surface area contributed by atoms with E-state index in [-0.39, 0.29) is 11.4 Å². The lowest BCUT2D eigenvalue weighted by Crippen LogP contribution is -2.44. The fourth-order valence-corrected chi connectivity index (χ4v) is 4.07. The van der Waals surface area contributed by atoms with E-state index in [1.165, 1.54) is 12.8 Å². The number of fused-ring (bicyclic) bond motifs is 1. The van der Waals surface area contributed by atoms with Crippen LogP contribution in [0, 0.1) is 6.92 Å². The Labute approximate surface area is 161 Å². The van der Waals surface area contributed by atoms with Crippen LogP contribution < -0.4 is 5.32 Å². The van der Waals surface area contributed by atoms with Crippen molar-refractivity contribution >= 4 is 16.9 Å². The number of aryl methyl sites for hydroxylation is 1. The molecule has 1 aliphatic heterocycles. The van der Waals surface area contributed by atoms with Crippen LogP contribution in [0.3, 0.4) is 0 Å². The van der Waals surface area contributed by atoms with Gasteiger partial charge in [-0.3, -0.25) is 4.79 Å². The van der Waals surface area contributed by atoms with Crippen LogP contribution in [-0.2, 0) is 5.54 Å². The van der Waals surface area contributed by atoms with E-state index in [1.807, 2.05) is 29.6 Å². The lowest BCUT2D eigenvalue weighted by Gasteiger charge is -2.32. The lowest BCUT2D eigenvalue weighted by molar-refractivity contribution is 0.0709. The molecule has 2 aromatic heterocycles. The molecular formula is C21H31N5O. The number of hydrogen-bond acceptors (Lipinski definition) is 4. The van der Waals surface area contributed by atoms with Crippen molar-refractivity contribution in [3.8, 4) is 0 Å². The Morgan fingerprint density at radius 1 is 1.19 bits per heavy atom. The molecule has 27 heavy (non-hydrogen) atoms. The number of aromatic nitrogens is 3. The second kappa shape index (κ2) is 6.59. The van der Waals surface area contributed by atoms with Crippen molar-refractivity contribution in [2.75, 3.05) is 20.1 Å². The number of piperidine rings is 1. The van der Waals surface area contributed by atoms with Gasteiger partial charge >= 0.3 is 0 Å². The van der Waals surface area contributed by atoms with Crippen molar-refractivity contribution in [1.29, 1.82) is 0 Å². The molecular weight excluding hydrogens is 338 g/mol. The van der Waals surface area contributed by atoms with Gasteiger partial charge in [-0.15, -0.1) is 0 Å². The Hall–Kier alpha value is -1.95. The molecule has 0 spiro atoms. The highest BCUT2D eigenvalue weighted by molar-refractivity contribution is 6.06. The predicted molar refractivity (Wildman–Crippen MR) is 107 cm³/mol. The summed E-state index contributed by atoms with van der Waals surface area (Å²) in [4.78, 5) is 20.4. The highest BCUT2D eigenvalue weighted by atomic mass is 16.2. The fourth-order valence-electron chi connectivity index (χ4n) is 4.07. The Morgan fingerprint density at radius 2 is 1.85 bits per heavy atom. The summed E-state index contributed by atoms with van der Waals surface area (Å²) in [7, 11) is 2.00. The average molecular weight is 370 g/mol. The molecule has 0 aromatic carbocycles. The Bertz CT molecular complexity index is 867. The zero-order valence-electron chi connectivity index (χ0n) is 17.2. The van der Waals surface area contributed by atoms with Crippen molar-refractivity contribution in [1.82, 2.24) is 25.0 Å². The number of hydrogen-bond donors (Lipinski definition) is 1. The summed E-state index contributed by atoms with van der Waals surface area (Å²) in [5.41, 5.74) is 3.42. The van der Waals surface area contributed by atoms with Crippen LogP contribution >= 0.6 is 0 Å². The molecule has 6 heteroatoms. The summed E-state index contributed by atoms with van der Waals surface area (Å²) in [6.07, 6.45) is 4.35. The van der Waals surface area contributed by atoms with Crippen LogP contribution in [0.4, 0.5) is 0 Å². The van der Waals surface area contributed by atoms with Crippen LogP contribution in [0.5, 0.6) is 0 Å². The van der Waals surface area contributed by atoms with Crippen molar-refractivity contribution in [3.05, 3.63) is 23.0 Å². The molecule has 146 valence electrons. The molecule has 2 aromatic rings. The number of rotatable bonds is 3. The van der Waals surface area contributed by atoms with Gasteiger partial charge in [-0.25, -0.2) is 9.67 Å². The fraction of sp³-hybridized carbons (Fsp3) is 0.667. The normalized spacial score (nSPS) is 19.1. The first-order valence-electron chi connectivity index (χ1n) is 10.2.